The van der Waals surface area contributed by atoms with E-state index in [9.17, 15) is 9.18 Å². The van der Waals surface area contributed by atoms with Gasteiger partial charge in [0, 0.05) is 24.7 Å². The summed E-state index contributed by atoms with van der Waals surface area (Å²) in [6, 6.07) is 0. The first kappa shape index (κ1) is 12.5. The van der Waals surface area contributed by atoms with Crippen LogP contribution in [0.2, 0.25) is 0 Å². The molecular formula is C11H18FN3O. The number of H-pyrrole nitrogens is 1. The zero-order valence-electron chi connectivity index (χ0n) is 10.1. The number of aromatic amines is 1. The standard InChI is InChI=1S/C11H18FN3O/c1-7(11(2,3)4)13-6-8-9(12)14-15(5)10(8)16/h13-14H,1,6H2,2-5H3. The predicted octanol–water partition coefficient (Wildman–Crippen LogP) is 1.50. The highest BCUT2D eigenvalue weighted by atomic mass is 19.1. The summed E-state index contributed by atoms with van der Waals surface area (Å²) in [6.45, 7) is 9.99. The van der Waals surface area contributed by atoms with Gasteiger partial charge in [-0.3, -0.25) is 14.6 Å². The topological polar surface area (TPSA) is 49.8 Å². The van der Waals surface area contributed by atoms with Crippen molar-refractivity contribution in [1.82, 2.24) is 15.1 Å². The third-order valence-electron chi connectivity index (χ3n) is 2.48. The van der Waals surface area contributed by atoms with Crippen molar-refractivity contribution in [3.63, 3.8) is 0 Å². The Morgan fingerprint density at radius 3 is 2.50 bits per heavy atom. The summed E-state index contributed by atoms with van der Waals surface area (Å²) in [5, 5.41) is 5.27. The molecule has 0 amide bonds. The number of aryl methyl sites for hydroxylation is 1. The van der Waals surface area contributed by atoms with Gasteiger partial charge in [0.05, 0.1) is 5.56 Å². The molecule has 1 aromatic rings. The van der Waals surface area contributed by atoms with Crippen molar-refractivity contribution in [2.45, 2.75) is 27.3 Å². The van der Waals surface area contributed by atoms with E-state index < -0.39 is 5.95 Å². The third kappa shape index (κ3) is 2.53. The quantitative estimate of drug-likeness (QED) is 0.822. The van der Waals surface area contributed by atoms with Crippen LogP contribution in [-0.2, 0) is 13.6 Å². The molecule has 1 aromatic heterocycles. The molecule has 0 atom stereocenters. The molecule has 1 rings (SSSR count). The first-order valence-corrected chi connectivity index (χ1v) is 5.10. The van der Waals surface area contributed by atoms with Gasteiger partial charge in [-0.25, -0.2) is 0 Å². The highest BCUT2D eigenvalue weighted by Crippen LogP contribution is 2.21. The van der Waals surface area contributed by atoms with Crippen LogP contribution in [0.25, 0.3) is 0 Å². The molecule has 4 nitrogen and oxygen atoms in total. The fourth-order valence-corrected chi connectivity index (χ4v) is 1.18. The first-order chi connectivity index (χ1) is 7.23. The summed E-state index contributed by atoms with van der Waals surface area (Å²) in [6.07, 6.45) is 0. The van der Waals surface area contributed by atoms with E-state index in [-0.39, 0.29) is 23.1 Å². The summed E-state index contributed by atoms with van der Waals surface area (Å²) in [4.78, 5) is 11.5. The molecule has 0 aliphatic heterocycles. The van der Waals surface area contributed by atoms with Crippen molar-refractivity contribution < 1.29 is 4.39 Å². The Hall–Kier alpha value is -1.52. The van der Waals surface area contributed by atoms with Crippen LogP contribution < -0.4 is 10.9 Å². The fourth-order valence-electron chi connectivity index (χ4n) is 1.18. The Morgan fingerprint density at radius 2 is 2.12 bits per heavy atom. The Labute approximate surface area is 94.1 Å². The molecule has 90 valence electrons. The minimum Gasteiger partial charge on any atom is -0.384 e. The highest BCUT2D eigenvalue weighted by molar-refractivity contribution is 5.10. The van der Waals surface area contributed by atoms with Crippen molar-refractivity contribution in [2.75, 3.05) is 0 Å². The van der Waals surface area contributed by atoms with Crippen molar-refractivity contribution in [1.29, 1.82) is 0 Å². The van der Waals surface area contributed by atoms with E-state index in [1.807, 2.05) is 20.8 Å². The lowest BCUT2D eigenvalue weighted by Crippen LogP contribution is -2.26. The molecule has 0 radical (unpaired) electrons. The second-order valence-corrected chi connectivity index (χ2v) is 4.85. The Kier molecular flexibility index (Phi) is 3.26. The molecule has 0 bridgehead atoms. The van der Waals surface area contributed by atoms with Crippen molar-refractivity contribution in [3.05, 3.63) is 34.1 Å². The van der Waals surface area contributed by atoms with Gasteiger partial charge < -0.3 is 5.32 Å². The summed E-state index contributed by atoms with van der Waals surface area (Å²) in [7, 11) is 1.48. The molecule has 0 fully saturated rings. The molecule has 0 aliphatic rings. The maximum absolute atomic E-state index is 13.3. The Morgan fingerprint density at radius 1 is 1.56 bits per heavy atom. The molecule has 0 spiro atoms. The van der Waals surface area contributed by atoms with Gasteiger partial charge in [0.1, 0.15) is 0 Å². The van der Waals surface area contributed by atoms with Gasteiger partial charge in [-0.1, -0.05) is 27.4 Å². The first-order valence-electron chi connectivity index (χ1n) is 5.10. The number of halogens is 1. The third-order valence-corrected chi connectivity index (χ3v) is 2.48. The van der Waals surface area contributed by atoms with E-state index in [2.05, 4.69) is 17.0 Å². The minimum atomic E-state index is -0.596. The fraction of sp³-hybridized carbons (Fsp3) is 0.545. The summed E-state index contributed by atoms with van der Waals surface area (Å²) < 4.78 is 14.4. The number of allylic oxidation sites excluding steroid dienone is 1. The van der Waals surface area contributed by atoms with Gasteiger partial charge in [0.25, 0.3) is 5.56 Å². The van der Waals surface area contributed by atoms with Crippen LogP contribution in [0.1, 0.15) is 26.3 Å². The number of hydrogen-bond donors (Lipinski definition) is 2. The predicted molar refractivity (Wildman–Crippen MR) is 61.4 cm³/mol. The molecule has 16 heavy (non-hydrogen) atoms. The lowest BCUT2D eigenvalue weighted by atomic mass is 9.93. The van der Waals surface area contributed by atoms with Gasteiger partial charge in [-0.2, -0.15) is 4.39 Å². The zero-order chi connectivity index (χ0) is 12.5. The van der Waals surface area contributed by atoms with Crippen molar-refractivity contribution in [3.8, 4) is 0 Å². The second kappa shape index (κ2) is 4.15. The summed E-state index contributed by atoms with van der Waals surface area (Å²) >= 11 is 0. The number of hydrogen-bond acceptors (Lipinski definition) is 2. The lowest BCUT2D eigenvalue weighted by molar-refractivity contribution is 0.457. The number of aromatic nitrogens is 2. The average molecular weight is 227 g/mol. The molecule has 1 heterocycles. The van der Waals surface area contributed by atoms with Crippen molar-refractivity contribution in [2.24, 2.45) is 12.5 Å². The molecule has 0 saturated carbocycles. The molecule has 0 aromatic carbocycles. The zero-order valence-corrected chi connectivity index (χ0v) is 10.1. The van der Waals surface area contributed by atoms with E-state index >= 15 is 0 Å². The van der Waals surface area contributed by atoms with E-state index in [0.29, 0.717) is 0 Å². The average Bonchev–Trinajstić information content (AvgIpc) is 2.37. The van der Waals surface area contributed by atoms with Gasteiger partial charge >= 0.3 is 0 Å². The highest BCUT2D eigenvalue weighted by Gasteiger charge is 2.17. The van der Waals surface area contributed by atoms with Crippen LogP contribution in [-0.4, -0.2) is 9.78 Å². The monoisotopic (exact) mass is 227 g/mol. The number of nitrogens with one attached hydrogen (secondary N) is 2. The van der Waals surface area contributed by atoms with Gasteiger partial charge in [0.15, 0.2) is 0 Å². The largest absolute Gasteiger partial charge is 0.384 e. The van der Waals surface area contributed by atoms with E-state index in [4.69, 9.17) is 0 Å². The lowest BCUT2D eigenvalue weighted by Gasteiger charge is -2.22. The molecule has 0 saturated heterocycles. The van der Waals surface area contributed by atoms with Crippen LogP contribution in [0, 0.1) is 11.4 Å². The molecular weight excluding hydrogens is 209 g/mol. The van der Waals surface area contributed by atoms with E-state index in [0.717, 1.165) is 10.4 Å². The Balaban J connectivity index is 2.77. The SMILES string of the molecule is C=C(NCc1c(F)[nH]n(C)c1=O)C(C)(C)C. The summed E-state index contributed by atoms with van der Waals surface area (Å²) in [5.74, 6) is -0.596. The smallest absolute Gasteiger partial charge is 0.274 e. The van der Waals surface area contributed by atoms with Gasteiger partial charge in [-0.15, -0.1) is 0 Å². The van der Waals surface area contributed by atoms with Crippen LogP contribution in [0.3, 0.4) is 0 Å². The van der Waals surface area contributed by atoms with Crippen molar-refractivity contribution >= 4 is 0 Å². The minimum absolute atomic E-state index is 0.105. The maximum atomic E-state index is 13.3. The van der Waals surface area contributed by atoms with E-state index in [1.165, 1.54) is 7.05 Å². The van der Waals surface area contributed by atoms with E-state index in [1.54, 1.807) is 0 Å². The Bertz CT molecular complexity index is 451. The molecule has 2 N–H and O–H groups in total. The number of nitrogens with zero attached hydrogens (tertiary/aromatic N) is 1. The van der Waals surface area contributed by atoms with Crippen LogP contribution in [0.4, 0.5) is 4.39 Å². The van der Waals surface area contributed by atoms with Gasteiger partial charge in [-0.05, 0) is 0 Å². The molecule has 5 heteroatoms. The second-order valence-electron chi connectivity index (χ2n) is 4.85. The van der Waals surface area contributed by atoms with Crippen LogP contribution in [0.15, 0.2) is 17.1 Å². The number of rotatable bonds is 3. The van der Waals surface area contributed by atoms with Crippen LogP contribution in [0.5, 0.6) is 0 Å². The normalized spacial score (nSPS) is 11.6. The molecule has 0 unspecified atom stereocenters. The summed E-state index contributed by atoms with van der Waals surface area (Å²) in [5.41, 5.74) is 0.410. The molecule has 0 aliphatic carbocycles. The van der Waals surface area contributed by atoms with Crippen LogP contribution >= 0.6 is 0 Å². The maximum Gasteiger partial charge on any atom is 0.274 e. The van der Waals surface area contributed by atoms with Gasteiger partial charge in [0.2, 0.25) is 5.95 Å².